The number of fused-ring (bicyclic) bond motifs is 1. The summed E-state index contributed by atoms with van der Waals surface area (Å²) >= 11 is 0. The van der Waals surface area contributed by atoms with Crippen LogP contribution in [-0.2, 0) is 14.8 Å². The molecule has 2 saturated carbocycles. The van der Waals surface area contributed by atoms with Crippen LogP contribution in [0.15, 0.2) is 0 Å². The Morgan fingerprint density at radius 3 is 2.61 bits per heavy atom. The van der Waals surface area contributed by atoms with Gasteiger partial charge in [0.25, 0.3) is 0 Å². The van der Waals surface area contributed by atoms with Crippen molar-refractivity contribution in [2.24, 2.45) is 5.92 Å². The summed E-state index contributed by atoms with van der Waals surface area (Å²) in [5.74, 6) is -0.708. The van der Waals surface area contributed by atoms with Gasteiger partial charge in [-0.2, -0.15) is 0 Å². The number of piperazine rings is 1. The van der Waals surface area contributed by atoms with Crippen molar-refractivity contribution in [3.63, 3.8) is 0 Å². The first-order valence-corrected chi connectivity index (χ1v) is 11.8. The number of imide groups is 1. The fourth-order valence-corrected chi connectivity index (χ4v) is 6.69. The van der Waals surface area contributed by atoms with E-state index >= 15 is 0 Å². The minimum absolute atomic E-state index is 0.137. The van der Waals surface area contributed by atoms with Gasteiger partial charge >= 0.3 is 6.03 Å². The van der Waals surface area contributed by atoms with Gasteiger partial charge in [-0.3, -0.25) is 9.69 Å². The second-order valence-corrected chi connectivity index (χ2v) is 11.0. The number of urea groups is 1. The molecule has 0 aromatic rings. The lowest BCUT2D eigenvalue weighted by molar-refractivity contribution is -0.139. The van der Waals surface area contributed by atoms with E-state index in [1.54, 1.807) is 4.90 Å². The van der Waals surface area contributed by atoms with Crippen molar-refractivity contribution in [1.29, 1.82) is 0 Å². The molecular formula is C18H31N5O4S. The van der Waals surface area contributed by atoms with Crippen molar-refractivity contribution in [1.82, 2.24) is 25.2 Å². The summed E-state index contributed by atoms with van der Waals surface area (Å²) in [6.45, 7) is 4.97. The molecule has 2 aliphatic carbocycles. The third-order valence-electron chi connectivity index (χ3n) is 6.72. The number of nitrogens with zero attached hydrogens (tertiary/aromatic N) is 2. The Balaban J connectivity index is 1.50. The zero-order valence-corrected chi connectivity index (χ0v) is 17.4. The Morgan fingerprint density at radius 1 is 1.21 bits per heavy atom. The highest BCUT2D eigenvalue weighted by Gasteiger charge is 2.51. The van der Waals surface area contributed by atoms with Gasteiger partial charge in [-0.25, -0.2) is 17.9 Å². The Labute approximate surface area is 166 Å². The largest absolute Gasteiger partial charge is 0.326 e. The Bertz CT molecular complexity index is 747. The van der Waals surface area contributed by atoms with Crippen LogP contribution >= 0.6 is 0 Å². The topological polar surface area (TPSA) is 111 Å². The summed E-state index contributed by atoms with van der Waals surface area (Å²) in [6.07, 6.45) is 3.01. The average molecular weight is 414 g/mol. The molecule has 0 bridgehead atoms. The maximum atomic E-state index is 12.8. The molecule has 3 N–H and O–H groups in total. The highest BCUT2D eigenvalue weighted by molar-refractivity contribution is 7.90. The van der Waals surface area contributed by atoms with Gasteiger partial charge < -0.3 is 15.5 Å². The molecule has 4 aliphatic rings. The van der Waals surface area contributed by atoms with Crippen LogP contribution in [0.25, 0.3) is 0 Å². The average Bonchev–Trinajstić information content (AvgIpc) is 3.39. The van der Waals surface area contributed by atoms with E-state index in [1.165, 1.54) is 11.9 Å². The molecule has 28 heavy (non-hydrogen) atoms. The number of hydrogen-bond donors (Lipinski definition) is 3. The van der Waals surface area contributed by atoms with Crippen molar-refractivity contribution in [3.05, 3.63) is 0 Å². The monoisotopic (exact) mass is 413 g/mol. The number of amides is 3. The first kappa shape index (κ1) is 20.1. The van der Waals surface area contributed by atoms with Crippen molar-refractivity contribution < 1.29 is 18.0 Å². The molecule has 4 fully saturated rings. The Hall–Kier alpha value is -1.23. The zero-order valence-electron chi connectivity index (χ0n) is 16.6. The lowest BCUT2D eigenvalue weighted by atomic mass is 9.80. The quantitative estimate of drug-likeness (QED) is 0.558. The smallest absolute Gasteiger partial charge is 0.319 e. The van der Waals surface area contributed by atoms with Crippen molar-refractivity contribution >= 4 is 22.0 Å². The van der Waals surface area contributed by atoms with Gasteiger partial charge in [0, 0.05) is 50.8 Å². The van der Waals surface area contributed by atoms with E-state index in [1.807, 2.05) is 6.92 Å². The number of rotatable bonds is 5. The fourth-order valence-electron chi connectivity index (χ4n) is 4.72. The predicted octanol–water partition coefficient (Wildman–Crippen LogP) is -0.549. The third kappa shape index (κ3) is 3.79. The standard InChI is InChI=1S/C18H31N5O4S/c1-18(5-6-18)21-28(26,27)13-3-4-15-14(9-13)16(24)22(2)17(25)23(15)11-12-10-19-7-8-20-12/h12-15,19-21H,3-11H2,1-2H3. The molecule has 3 amide bonds. The van der Waals surface area contributed by atoms with E-state index in [0.29, 0.717) is 19.4 Å². The van der Waals surface area contributed by atoms with E-state index in [0.717, 1.165) is 32.5 Å². The fraction of sp³-hybridized carbons (Fsp3) is 0.889. The van der Waals surface area contributed by atoms with Crippen LogP contribution in [0.3, 0.4) is 0 Å². The van der Waals surface area contributed by atoms with Crippen LogP contribution < -0.4 is 15.4 Å². The van der Waals surface area contributed by atoms with Crippen molar-refractivity contribution in [3.8, 4) is 0 Å². The molecular weight excluding hydrogens is 382 g/mol. The van der Waals surface area contributed by atoms with Crippen LogP contribution in [0.1, 0.15) is 39.0 Å². The molecule has 4 rings (SSSR count). The normalized spacial score (nSPS) is 35.6. The zero-order chi connectivity index (χ0) is 20.1. The van der Waals surface area contributed by atoms with Gasteiger partial charge in [0.15, 0.2) is 0 Å². The Morgan fingerprint density at radius 2 is 1.96 bits per heavy atom. The van der Waals surface area contributed by atoms with Crippen LogP contribution in [-0.4, -0.2) is 86.3 Å². The third-order valence-corrected chi connectivity index (χ3v) is 8.80. The SMILES string of the molecule is CN1C(=O)C2CC(S(=O)(=O)NC3(C)CC3)CCC2N(CC2CNCCN2)C1=O. The van der Waals surface area contributed by atoms with Crippen molar-refractivity contribution in [2.75, 3.05) is 33.2 Å². The van der Waals surface area contributed by atoms with E-state index in [4.69, 9.17) is 0 Å². The second kappa shape index (κ2) is 7.23. The minimum Gasteiger partial charge on any atom is -0.319 e. The van der Waals surface area contributed by atoms with Gasteiger partial charge in [0.2, 0.25) is 15.9 Å². The first-order valence-electron chi connectivity index (χ1n) is 10.3. The lowest BCUT2D eigenvalue weighted by Crippen LogP contribution is -2.66. The molecule has 2 heterocycles. The van der Waals surface area contributed by atoms with Gasteiger partial charge in [-0.1, -0.05) is 0 Å². The molecule has 2 saturated heterocycles. The van der Waals surface area contributed by atoms with Gasteiger partial charge in [-0.05, 0) is 39.0 Å². The van der Waals surface area contributed by atoms with Crippen LogP contribution in [0, 0.1) is 5.92 Å². The number of nitrogens with one attached hydrogen (secondary N) is 3. The lowest BCUT2D eigenvalue weighted by Gasteiger charge is -2.48. The summed E-state index contributed by atoms with van der Waals surface area (Å²) in [5, 5.41) is 6.15. The number of carbonyl (C=O) groups excluding carboxylic acids is 2. The van der Waals surface area contributed by atoms with Crippen LogP contribution in [0.2, 0.25) is 0 Å². The molecule has 0 aromatic carbocycles. The predicted molar refractivity (Wildman–Crippen MR) is 104 cm³/mol. The van der Waals surface area contributed by atoms with Gasteiger partial charge in [0.05, 0.1) is 11.2 Å². The molecule has 0 radical (unpaired) electrons. The van der Waals surface area contributed by atoms with Gasteiger partial charge in [0.1, 0.15) is 0 Å². The van der Waals surface area contributed by atoms with E-state index in [2.05, 4.69) is 15.4 Å². The van der Waals surface area contributed by atoms with Crippen LogP contribution in [0.4, 0.5) is 4.79 Å². The number of sulfonamides is 1. The molecule has 9 nitrogen and oxygen atoms in total. The van der Waals surface area contributed by atoms with Gasteiger partial charge in [-0.15, -0.1) is 0 Å². The molecule has 0 aromatic heterocycles. The second-order valence-electron chi connectivity index (χ2n) is 9.00. The number of hydrogen-bond acceptors (Lipinski definition) is 6. The molecule has 10 heteroatoms. The summed E-state index contributed by atoms with van der Waals surface area (Å²) in [7, 11) is -1.97. The summed E-state index contributed by atoms with van der Waals surface area (Å²) in [4.78, 5) is 28.6. The highest BCUT2D eigenvalue weighted by Crippen LogP contribution is 2.39. The summed E-state index contributed by atoms with van der Waals surface area (Å²) in [5.41, 5.74) is -0.315. The molecule has 4 atom stereocenters. The highest BCUT2D eigenvalue weighted by atomic mass is 32.2. The maximum Gasteiger partial charge on any atom is 0.326 e. The minimum atomic E-state index is -3.47. The van der Waals surface area contributed by atoms with Crippen molar-refractivity contribution in [2.45, 2.75) is 61.9 Å². The summed E-state index contributed by atoms with van der Waals surface area (Å²) in [6, 6.07) is -0.357. The molecule has 4 unspecified atom stereocenters. The van der Waals surface area contributed by atoms with Crippen LogP contribution in [0.5, 0.6) is 0 Å². The first-order chi connectivity index (χ1) is 13.2. The molecule has 2 aliphatic heterocycles. The molecule has 0 spiro atoms. The van der Waals surface area contributed by atoms with E-state index in [9.17, 15) is 18.0 Å². The van der Waals surface area contributed by atoms with E-state index < -0.39 is 21.2 Å². The Kier molecular flexibility index (Phi) is 5.18. The number of carbonyl (C=O) groups is 2. The molecule has 158 valence electrons. The van der Waals surface area contributed by atoms with E-state index in [-0.39, 0.29) is 36.0 Å². The summed E-state index contributed by atoms with van der Waals surface area (Å²) < 4.78 is 28.5. The maximum absolute atomic E-state index is 12.8.